The molecule has 0 aliphatic carbocycles. The van der Waals surface area contributed by atoms with Crippen molar-refractivity contribution in [3.63, 3.8) is 0 Å². The first-order valence-corrected chi connectivity index (χ1v) is 9.67. The Labute approximate surface area is 185 Å². The fourth-order valence-corrected chi connectivity index (χ4v) is 3.21. The van der Waals surface area contributed by atoms with Gasteiger partial charge in [-0.1, -0.05) is 52.8 Å². The van der Waals surface area contributed by atoms with Crippen LogP contribution in [0.5, 0.6) is 23.0 Å². The van der Waals surface area contributed by atoms with E-state index in [-0.39, 0.29) is 11.4 Å². The van der Waals surface area contributed by atoms with Gasteiger partial charge in [0.1, 0.15) is 23.8 Å². The molecule has 3 aromatic carbocycles. The topological polar surface area (TPSA) is 102 Å². The fraction of sp³-hybridized carbons (Fsp3) is 0.167. The number of methoxy groups -OCH3 is 3. The first-order chi connectivity index (χ1) is 15.7. The number of hydrogen-bond donors (Lipinski definition) is 2. The van der Waals surface area contributed by atoms with Crippen LogP contribution in [0, 0.1) is 0 Å². The molecule has 0 aromatic heterocycles. The van der Waals surface area contributed by atoms with E-state index >= 15 is 0 Å². The summed E-state index contributed by atoms with van der Waals surface area (Å²) < 4.78 is 22.1. The highest BCUT2D eigenvalue weighted by molar-refractivity contribution is 6.53. The van der Waals surface area contributed by atoms with Crippen LogP contribution in [0.1, 0.15) is 16.7 Å². The molecule has 0 unspecified atom stereocenters. The van der Waals surface area contributed by atoms with E-state index < -0.39 is 0 Å². The smallest absolute Gasteiger partial charge is 0.203 e. The Balaban J connectivity index is 2.01. The molecule has 0 saturated heterocycles. The van der Waals surface area contributed by atoms with Gasteiger partial charge in [0.2, 0.25) is 5.75 Å². The van der Waals surface area contributed by atoms with Crippen molar-refractivity contribution in [1.82, 2.24) is 0 Å². The number of nitrogens with zero attached hydrogens (tertiary/aromatic N) is 2. The van der Waals surface area contributed by atoms with E-state index in [2.05, 4.69) is 10.3 Å². The quantitative estimate of drug-likeness (QED) is 0.294. The molecule has 0 atom stereocenters. The Kier molecular flexibility index (Phi) is 7.53. The summed E-state index contributed by atoms with van der Waals surface area (Å²) in [7, 11) is 4.44. The van der Waals surface area contributed by atoms with Crippen LogP contribution in [-0.2, 0) is 6.61 Å². The Morgan fingerprint density at radius 1 is 0.719 bits per heavy atom. The summed E-state index contributed by atoms with van der Waals surface area (Å²) in [5.41, 5.74) is 1.79. The van der Waals surface area contributed by atoms with Gasteiger partial charge in [-0.15, -0.1) is 0 Å². The van der Waals surface area contributed by atoms with Gasteiger partial charge in [0.25, 0.3) is 0 Å². The molecule has 0 aliphatic heterocycles. The molecular formula is C24H24N2O6. The zero-order valence-electron chi connectivity index (χ0n) is 18.0. The Bertz CT molecular complexity index is 1090. The molecule has 2 N–H and O–H groups in total. The maximum atomic E-state index is 9.86. The van der Waals surface area contributed by atoms with Crippen molar-refractivity contribution in [2.24, 2.45) is 10.3 Å². The molecule has 0 bridgehead atoms. The molecule has 0 fully saturated rings. The summed E-state index contributed by atoms with van der Waals surface area (Å²) in [6.07, 6.45) is 0. The molecule has 0 amide bonds. The Morgan fingerprint density at radius 2 is 1.31 bits per heavy atom. The van der Waals surface area contributed by atoms with Crippen LogP contribution >= 0.6 is 0 Å². The summed E-state index contributed by atoms with van der Waals surface area (Å²) in [6.45, 7) is 0.312. The van der Waals surface area contributed by atoms with Crippen molar-refractivity contribution >= 4 is 11.4 Å². The molecule has 3 aromatic rings. The highest BCUT2D eigenvalue weighted by Gasteiger charge is 2.23. The molecule has 166 valence electrons. The maximum Gasteiger partial charge on any atom is 0.203 e. The van der Waals surface area contributed by atoms with Crippen molar-refractivity contribution in [3.8, 4) is 23.0 Å². The fourth-order valence-electron chi connectivity index (χ4n) is 3.21. The van der Waals surface area contributed by atoms with Gasteiger partial charge in [-0.3, -0.25) is 0 Å². The van der Waals surface area contributed by atoms with Crippen LogP contribution in [0.2, 0.25) is 0 Å². The average molecular weight is 436 g/mol. The van der Waals surface area contributed by atoms with Gasteiger partial charge >= 0.3 is 0 Å². The van der Waals surface area contributed by atoms with E-state index in [1.54, 1.807) is 36.4 Å². The van der Waals surface area contributed by atoms with Crippen molar-refractivity contribution in [1.29, 1.82) is 0 Å². The van der Waals surface area contributed by atoms with E-state index in [1.807, 2.05) is 30.3 Å². The van der Waals surface area contributed by atoms with Crippen LogP contribution < -0.4 is 18.9 Å². The number of ether oxygens (including phenoxy) is 4. The van der Waals surface area contributed by atoms with Crippen LogP contribution in [0.15, 0.2) is 77.0 Å². The second kappa shape index (κ2) is 10.7. The minimum absolute atomic E-state index is 0.00503. The standard InChI is InChI=1S/C24H24N2O6/c1-29-20-13-17(14-21(30-2)24(20)31-3)22(25-27)23(26-28)18-11-7-8-12-19(18)32-15-16-9-5-4-6-10-16/h4-14,27-28H,15H2,1-3H3/b25-22+,26-23+. The number of benzene rings is 3. The zero-order chi connectivity index (χ0) is 22.9. The monoisotopic (exact) mass is 436 g/mol. The van der Waals surface area contributed by atoms with Gasteiger partial charge in [-0.2, -0.15) is 0 Å². The Hall–Kier alpha value is -4.20. The normalized spacial score (nSPS) is 11.7. The van der Waals surface area contributed by atoms with E-state index in [9.17, 15) is 10.4 Å². The summed E-state index contributed by atoms with van der Waals surface area (Å²) >= 11 is 0. The molecular weight excluding hydrogens is 412 g/mol. The lowest BCUT2D eigenvalue weighted by Gasteiger charge is -2.16. The number of oxime groups is 2. The lowest BCUT2D eigenvalue weighted by Crippen LogP contribution is -2.19. The summed E-state index contributed by atoms with van der Waals surface area (Å²) in [5, 5.41) is 26.5. The molecule has 8 heteroatoms. The van der Waals surface area contributed by atoms with Gasteiger partial charge in [-0.05, 0) is 29.8 Å². The van der Waals surface area contributed by atoms with Gasteiger partial charge < -0.3 is 29.4 Å². The van der Waals surface area contributed by atoms with Crippen LogP contribution in [0.4, 0.5) is 0 Å². The van der Waals surface area contributed by atoms with Crippen molar-refractivity contribution in [3.05, 3.63) is 83.4 Å². The average Bonchev–Trinajstić information content (AvgIpc) is 2.85. The molecule has 32 heavy (non-hydrogen) atoms. The van der Waals surface area contributed by atoms with Crippen LogP contribution in [0.25, 0.3) is 0 Å². The van der Waals surface area contributed by atoms with Crippen LogP contribution in [0.3, 0.4) is 0 Å². The van der Waals surface area contributed by atoms with Crippen molar-refractivity contribution in [2.75, 3.05) is 21.3 Å². The number of rotatable bonds is 9. The third-order valence-electron chi connectivity index (χ3n) is 4.74. The summed E-state index contributed by atoms with van der Waals surface area (Å²) in [6, 6.07) is 19.9. The molecule has 0 aliphatic rings. The van der Waals surface area contributed by atoms with Crippen molar-refractivity contribution in [2.45, 2.75) is 6.61 Å². The SMILES string of the molecule is COc1cc(C(=N\O)/C(=N/O)c2ccccc2OCc2ccccc2)cc(OC)c1OC. The molecule has 0 radical (unpaired) electrons. The van der Waals surface area contributed by atoms with Gasteiger partial charge in [0.15, 0.2) is 11.5 Å². The van der Waals surface area contributed by atoms with Crippen LogP contribution in [-0.4, -0.2) is 43.2 Å². The highest BCUT2D eigenvalue weighted by Crippen LogP contribution is 2.38. The first kappa shape index (κ1) is 22.5. The van der Waals surface area contributed by atoms with Gasteiger partial charge in [0.05, 0.1) is 21.3 Å². The summed E-state index contributed by atoms with van der Waals surface area (Å²) in [4.78, 5) is 0. The van der Waals surface area contributed by atoms with Gasteiger partial charge in [-0.25, -0.2) is 0 Å². The number of hydrogen-bond acceptors (Lipinski definition) is 8. The van der Waals surface area contributed by atoms with E-state index in [0.717, 1.165) is 5.56 Å². The molecule has 8 nitrogen and oxygen atoms in total. The summed E-state index contributed by atoms with van der Waals surface area (Å²) in [5.74, 6) is 1.55. The van der Waals surface area contributed by atoms with Gasteiger partial charge in [0, 0.05) is 11.1 Å². The first-order valence-electron chi connectivity index (χ1n) is 9.67. The predicted octanol–water partition coefficient (Wildman–Crippen LogP) is 4.35. The zero-order valence-corrected chi connectivity index (χ0v) is 18.0. The lowest BCUT2D eigenvalue weighted by atomic mass is 9.98. The van der Waals surface area contributed by atoms with E-state index in [1.165, 1.54) is 21.3 Å². The molecule has 0 saturated carbocycles. The second-order valence-corrected chi connectivity index (χ2v) is 6.58. The maximum absolute atomic E-state index is 9.86. The minimum atomic E-state index is -0.0116. The minimum Gasteiger partial charge on any atom is -0.493 e. The third kappa shape index (κ3) is 4.75. The molecule has 0 spiro atoms. The second-order valence-electron chi connectivity index (χ2n) is 6.58. The van der Waals surface area contributed by atoms with Crippen molar-refractivity contribution < 1.29 is 29.4 Å². The molecule has 3 rings (SSSR count). The predicted molar refractivity (Wildman–Crippen MR) is 120 cm³/mol. The van der Waals surface area contributed by atoms with E-state index in [4.69, 9.17) is 18.9 Å². The highest BCUT2D eigenvalue weighted by atomic mass is 16.5. The largest absolute Gasteiger partial charge is 0.493 e. The molecule has 0 heterocycles. The third-order valence-corrected chi connectivity index (χ3v) is 4.74. The van der Waals surface area contributed by atoms with E-state index in [0.29, 0.717) is 40.7 Å². The number of para-hydroxylation sites is 1. The lowest BCUT2D eigenvalue weighted by molar-refractivity contribution is 0.303. The Morgan fingerprint density at radius 3 is 1.88 bits per heavy atom.